The average Bonchev–Trinajstić information content (AvgIpc) is 3.71. The van der Waals surface area contributed by atoms with Gasteiger partial charge in [0.05, 0.1) is 5.39 Å². The van der Waals surface area contributed by atoms with Gasteiger partial charge in [0.1, 0.15) is 23.1 Å². The topological polar surface area (TPSA) is 38.9 Å². The van der Waals surface area contributed by atoms with Gasteiger partial charge in [0, 0.05) is 31.1 Å². The molecule has 46 heavy (non-hydrogen) atoms. The molecule has 0 unspecified atom stereocenters. The summed E-state index contributed by atoms with van der Waals surface area (Å²) in [7, 11) is 0. The van der Waals surface area contributed by atoms with Crippen molar-refractivity contribution in [3.05, 3.63) is 146 Å². The Morgan fingerprint density at radius 1 is 0.457 bits per heavy atom. The van der Waals surface area contributed by atoms with Gasteiger partial charge in [0.2, 0.25) is 0 Å². The number of hydrogen-bond acceptors (Lipinski definition) is 4. The molecule has 0 radical (unpaired) electrons. The molecule has 3 heterocycles. The molecule has 0 saturated carbocycles. The first-order chi connectivity index (χ1) is 22.8. The van der Waals surface area contributed by atoms with Crippen molar-refractivity contribution in [3.63, 3.8) is 0 Å². The number of benzene rings is 7. The van der Waals surface area contributed by atoms with E-state index in [4.69, 9.17) is 14.4 Å². The molecule has 214 valence electrons. The maximum Gasteiger partial charge on any atom is 0.180 e. The van der Waals surface area contributed by atoms with Crippen molar-refractivity contribution >= 4 is 75.1 Å². The monoisotopic (exact) mass is 604 g/mol. The number of hydrogen-bond donors (Lipinski definition) is 0. The zero-order valence-corrected chi connectivity index (χ0v) is 25.4. The highest BCUT2D eigenvalue weighted by atomic mass is 32.1. The van der Waals surface area contributed by atoms with Crippen LogP contribution in [-0.2, 0) is 0 Å². The fourth-order valence-electron chi connectivity index (χ4n) is 7.09. The van der Waals surface area contributed by atoms with E-state index in [2.05, 4.69) is 140 Å². The standard InChI is InChI=1S/C42H24N2OS/c1-3-17-33-30(14-1)31-15-2-4-18-34(31)40-37(33)39-41(45-40)38(43-24-44-39)28-13-8-11-26(23-28)25-10-7-12-27(22-25)29-19-9-20-35-32-16-5-6-21-36(32)46-42(29)35/h1-24H. The van der Waals surface area contributed by atoms with Crippen molar-refractivity contribution in [2.45, 2.75) is 0 Å². The van der Waals surface area contributed by atoms with Crippen molar-refractivity contribution in [3.8, 4) is 33.5 Å². The molecule has 0 N–H and O–H groups in total. The summed E-state index contributed by atoms with van der Waals surface area (Å²) in [6.07, 6.45) is 1.66. The fourth-order valence-corrected chi connectivity index (χ4v) is 8.33. The van der Waals surface area contributed by atoms with Gasteiger partial charge in [-0.05, 0) is 56.6 Å². The van der Waals surface area contributed by atoms with E-state index in [1.165, 1.54) is 42.1 Å². The van der Waals surface area contributed by atoms with Crippen molar-refractivity contribution in [1.82, 2.24) is 9.97 Å². The van der Waals surface area contributed by atoms with E-state index in [-0.39, 0.29) is 0 Å². The maximum atomic E-state index is 6.72. The molecule has 0 amide bonds. The van der Waals surface area contributed by atoms with Gasteiger partial charge in [-0.2, -0.15) is 0 Å². The molecule has 0 fully saturated rings. The van der Waals surface area contributed by atoms with Gasteiger partial charge in [-0.3, -0.25) is 0 Å². The van der Waals surface area contributed by atoms with E-state index in [1.54, 1.807) is 6.33 Å². The van der Waals surface area contributed by atoms with Crippen LogP contribution in [-0.4, -0.2) is 9.97 Å². The summed E-state index contributed by atoms with van der Waals surface area (Å²) < 4.78 is 9.36. The quantitative estimate of drug-likeness (QED) is 0.188. The average molecular weight is 605 g/mol. The van der Waals surface area contributed by atoms with Crippen LogP contribution in [0.4, 0.5) is 0 Å². The van der Waals surface area contributed by atoms with Crippen LogP contribution in [0.5, 0.6) is 0 Å². The van der Waals surface area contributed by atoms with E-state index in [1.807, 2.05) is 11.3 Å². The predicted octanol–water partition coefficient (Wildman–Crippen LogP) is 12.1. The predicted molar refractivity (Wildman–Crippen MR) is 194 cm³/mol. The van der Waals surface area contributed by atoms with Gasteiger partial charge in [-0.25, -0.2) is 9.97 Å². The number of fused-ring (bicyclic) bond motifs is 11. The number of rotatable bonds is 3. The summed E-state index contributed by atoms with van der Waals surface area (Å²) in [5.41, 5.74) is 8.94. The Labute approximate surface area is 268 Å². The van der Waals surface area contributed by atoms with Gasteiger partial charge in [0.15, 0.2) is 5.58 Å². The molecule has 10 aromatic rings. The fraction of sp³-hybridized carbons (Fsp3) is 0. The minimum absolute atomic E-state index is 0.710. The Bertz CT molecular complexity index is 2830. The third-order valence-corrected chi connectivity index (χ3v) is 10.4. The van der Waals surface area contributed by atoms with Crippen LogP contribution < -0.4 is 0 Å². The Morgan fingerprint density at radius 2 is 1.07 bits per heavy atom. The number of nitrogens with zero attached hydrogens (tertiary/aromatic N) is 2. The second kappa shape index (κ2) is 9.83. The van der Waals surface area contributed by atoms with Crippen LogP contribution in [0.25, 0.3) is 97.3 Å². The van der Waals surface area contributed by atoms with E-state index < -0.39 is 0 Å². The molecule has 3 aromatic heterocycles. The second-order valence-electron chi connectivity index (χ2n) is 11.7. The summed E-state index contributed by atoms with van der Waals surface area (Å²) in [4.78, 5) is 9.56. The van der Waals surface area contributed by atoms with Crippen LogP contribution in [0.15, 0.2) is 150 Å². The maximum absolute atomic E-state index is 6.72. The molecule has 0 bridgehead atoms. The molecule has 0 spiro atoms. The van der Waals surface area contributed by atoms with Crippen LogP contribution in [0, 0.1) is 0 Å². The molecular weight excluding hydrogens is 581 g/mol. The Balaban J connectivity index is 1.14. The van der Waals surface area contributed by atoms with Crippen LogP contribution in [0.1, 0.15) is 0 Å². The van der Waals surface area contributed by atoms with Gasteiger partial charge in [-0.15, -0.1) is 11.3 Å². The first-order valence-electron chi connectivity index (χ1n) is 15.4. The minimum atomic E-state index is 0.710. The first-order valence-corrected chi connectivity index (χ1v) is 16.2. The molecule has 0 aliphatic heterocycles. The highest BCUT2D eigenvalue weighted by Gasteiger charge is 2.20. The van der Waals surface area contributed by atoms with E-state index in [0.29, 0.717) is 5.58 Å². The molecule has 0 saturated heterocycles. The molecule has 0 aliphatic carbocycles. The second-order valence-corrected chi connectivity index (χ2v) is 12.8. The van der Waals surface area contributed by atoms with E-state index in [0.717, 1.165) is 49.6 Å². The smallest absolute Gasteiger partial charge is 0.180 e. The molecule has 4 heteroatoms. The lowest BCUT2D eigenvalue weighted by Crippen LogP contribution is -1.88. The normalized spacial score (nSPS) is 11.9. The molecule has 0 atom stereocenters. The van der Waals surface area contributed by atoms with Gasteiger partial charge < -0.3 is 4.42 Å². The zero-order valence-electron chi connectivity index (χ0n) is 24.6. The van der Waals surface area contributed by atoms with E-state index in [9.17, 15) is 0 Å². The van der Waals surface area contributed by atoms with Crippen molar-refractivity contribution in [2.75, 3.05) is 0 Å². The first kappa shape index (κ1) is 25.5. The minimum Gasteiger partial charge on any atom is -0.451 e. The van der Waals surface area contributed by atoms with Crippen molar-refractivity contribution in [1.29, 1.82) is 0 Å². The molecule has 7 aromatic carbocycles. The van der Waals surface area contributed by atoms with Crippen LogP contribution in [0.2, 0.25) is 0 Å². The molecule has 0 aliphatic rings. The Hall–Kier alpha value is -5.84. The van der Waals surface area contributed by atoms with Crippen LogP contribution in [0.3, 0.4) is 0 Å². The lowest BCUT2D eigenvalue weighted by Gasteiger charge is -2.09. The van der Waals surface area contributed by atoms with Gasteiger partial charge in [-0.1, -0.05) is 121 Å². The third-order valence-electron chi connectivity index (χ3n) is 9.18. The van der Waals surface area contributed by atoms with Crippen LogP contribution >= 0.6 is 11.3 Å². The summed E-state index contributed by atoms with van der Waals surface area (Å²) in [5.74, 6) is 0. The third kappa shape index (κ3) is 3.71. The number of aromatic nitrogens is 2. The zero-order chi connectivity index (χ0) is 30.2. The Morgan fingerprint density at radius 3 is 1.89 bits per heavy atom. The van der Waals surface area contributed by atoms with E-state index >= 15 is 0 Å². The van der Waals surface area contributed by atoms with Gasteiger partial charge in [0.25, 0.3) is 0 Å². The largest absolute Gasteiger partial charge is 0.451 e. The molecule has 10 rings (SSSR count). The summed E-state index contributed by atoms with van der Waals surface area (Å²) in [6, 6.07) is 49.7. The SMILES string of the molecule is c1cc(-c2cccc(-c3cccc4c3sc3ccccc34)c2)cc(-c2ncnc3c2oc2c4ccccc4c4ccccc4c32)c1. The van der Waals surface area contributed by atoms with Gasteiger partial charge >= 0.3 is 0 Å². The van der Waals surface area contributed by atoms with Crippen molar-refractivity contribution < 1.29 is 4.42 Å². The molecular formula is C42H24N2OS. The summed E-state index contributed by atoms with van der Waals surface area (Å²) in [5, 5.41) is 8.25. The highest BCUT2D eigenvalue weighted by Crippen LogP contribution is 2.43. The summed E-state index contributed by atoms with van der Waals surface area (Å²) >= 11 is 1.86. The molecule has 3 nitrogen and oxygen atoms in total. The summed E-state index contributed by atoms with van der Waals surface area (Å²) in [6.45, 7) is 0. The highest BCUT2D eigenvalue weighted by molar-refractivity contribution is 7.26. The number of thiophene rings is 1. The lowest BCUT2D eigenvalue weighted by molar-refractivity contribution is 0.671. The Kier molecular flexibility index (Phi) is 5.45. The number of furan rings is 1. The van der Waals surface area contributed by atoms with Crippen molar-refractivity contribution in [2.24, 2.45) is 0 Å². The lowest BCUT2D eigenvalue weighted by atomic mass is 9.96.